The van der Waals surface area contributed by atoms with Crippen LogP contribution in [-0.2, 0) is 14.3 Å². The van der Waals surface area contributed by atoms with E-state index in [1.165, 1.54) is 0 Å². The van der Waals surface area contributed by atoms with Gasteiger partial charge in [-0.25, -0.2) is 0 Å². The summed E-state index contributed by atoms with van der Waals surface area (Å²) in [5.74, 6) is -0.616. The van der Waals surface area contributed by atoms with Crippen molar-refractivity contribution in [1.29, 1.82) is 0 Å². The average Bonchev–Trinajstić information content (AvgIpc) is 2.32. The Balaban J connectivity index is 2.59. The largest absolute Gasteiger partial charge is 0.465 e. The predicted octanol–water partition coefficient (Wildman–Crippen LogP) is 1.16. The molecule has 0 aromatic rings. The molecule has 1 aliphatic rings. The van der Waals surface area contributed by atoms with Gasteiger partial charge in [0, 0.05) is 6.42 Å². The lowest BCUT2D eigenvalue weighted by Gasteiger charge is -2.11. The smallest absolute Gasteiger partial charge is 0.316 e. The van der Waals surface area contributed by atoms with Crippen LogP contribution in [0.4, 0.5) is 0 Å². The second-order valence-corrected chi connectivity index (χ2v) is 3.21. The summed E-state index contributed by atoms with van der Waals surface area (Å²) in [6, 6.07) is 0. The minimum absolute atomic E-state index is 0.0425. The number of carbonyl (C=O) groups is 2. The quantitative estimate of drug-likeness (QED) is 0.461. The van der Waals surface area contributed by atoms with E-state index < -0.39 is 5.92 Å². The summed E-state index contributed by atoms with van der Waals surface area (Å²) in [5, 5.41) is 0. The fraction of sp³-hybridized carbons (Fsp3) is 0.778. The maximum Gasteiger partial charge on any atom is 0.316 e. The molecule has 1 rings (SSSR count). The van der Waals surface area contributed by atoms with Gasteiger partial charge in [-0.05, 0) is 19.3 Å². The molecule has 0 aromatic carbocycles. The van der Waals surface area contributed by atoms with E-state index in [-0.39, 0.29) is 17.7 Å². The Kier molecular flexibility index (Phi) is 2.84. The zero-order valence-electron chi connectivity index (χ0n) is 7.50. The van der Waals surface area contributed by atoms with Gasteiger partial charge < -0.3 is 4.74 Å². The van der Waals surface area contributed by atoms with Gasteiger partial charge in [0.15, 0.2) is 0 Å². The Morgan fingerprint density at radius 2 is 2.33 bits per heavy atom. The van der Waals surface area contributed by atoms with Crippen LogP contribution in [0.15, 0.2) is 0 Å². The van der Waals surface area contributed by atoms with Crippen LogP contribution >= 0.6 is 0 Å². The summed E-state index contributed by atoms with van der Waals surface area (Å²) in [5.41, 5.74) is 0. The van der Waals surface area contributed by atoms with E-state index in [2.05, 4.69) is 0 Å². The third-order valence-electron chi connectivity index (χ3n) is 2.30. The minimum Gasteiger partial charge on any atom is -0.465 e. The number of Topliss-reactive ketones (excluding diaryl/α,β-unsaturated/α-hetero) is 1. The summed E-state index contributed by atoms with van der Waals surface area (Å²) in [4.78, 5) is 22.4. The van der Waals surface area contributed by atoms with Crippen molar-refractivity contribution in [3.63, 3.8) is 0 Å². The molecule has 3 nitrogen and oxygen atoms in total. The molecular formula is C9H14O3. The third-order valence-corrected chi connectivity index (χ3v) is 2.30. The molecule has 0 spiro atoms. The Morgan fingerprint density at radius 3 is 2.75 bits per heavy atom. The van der Waals surface area contributed by atoms with E-state index >= 15 is 0 Å². The normalized spacial score (nSPS) is 29.0. The highest BCUT2D eigenvalue weighted by molar-refractivity contribution is 6.00. The monoisotopic (exact) mass is 170 g/mol. The Morgan fingerprint density at radius 1 is 1.67 bits per heavy atom. The van der Waals surface area contributed by atoms with Gasteiger partial charge in [0.25, 0.3) is 0 Å². The van der Waals surface area contributed by atoms with E-state index in [1.54, 1.807) is 6.92 Å². The SMILES string of the molecule is CCOC(=O)[C@@H]1C(=O)CC[C@@H]1C. The minimum atomic E-state index is -0.482. The van der Waals surface area contributed by atoms with Crippen LogP contribution < -0.4 is 0 Å². The molecule has 0 saturated heterocycles. The number of rotatable bonds is 2. The van der Waals surface area contributed by atoms with Crippen LogP contribution in [0.1, 0.15) is 26.7 Å². The van der Waals surface area contributed by atoms with Gasteiger partial charge in [0.05, 0.1) is 6.61 Å². The van der Waals surface area contributed by atoms with E-state index in [0.29, 0.717) is 13.0 Å². The summed E-state index contributed by atoms with van der Waals surface area (Å²) in [7, 11) is 0. The third kappa shape index (κ3) is 1.65. The van der Waals surface area contributed by atoms with E-state index in [9.17, 15) is 9.59 Å². The first-order valence-electron chi connectivity index (χ1n) is 4.36. The lowest BCUT2D eigenvalue weighted by atomic mass is 9.98. The molecule has 0 radical (unpaired) electrons. The molecule has 3 heteroatoms. The summed E-state index contributed by atoms with van der Waals surface area (Å²) < 4.78 is 4.81. The number of esters is 1. The van der Waals surface area contributed by atoms with Gasteiger partial charge in [-0.1, -0.05) is 6.92 Å². The van der Waals surface area contributed by atoms with Crippen LogP contribution in [0.2, 0.25) is 0 Å². The van der Waals surface area contributed by atoms with E-state index in [4.69, 9.17) is 4.74 Å². The lowest BCUT2D eigenvalue weighted by Crippen LogP contribution is -2.25. The molecule has 0 aliphatic heterocycles. The number of hydrogen-bond acceptors (Lipinski definition) is 3. The van der Waals surface area contributed by atoms with Gasteiger partial charge in [-0.15, -0.1) is 0 Å². The predicted molar refractivity (Wildman–Crippen MR) is 43.5 cm³/mol. The van der Waals surface area contributed by atoms with Gasteiger partial charge in [-0.3, -0.25) is 9.59 Å². The first kappa shape index (κ1) is 9.23. The second kappa shape index (κ2) is 3.70. The van der Waals surface area contributed by atoms with Gasteiger partial charge >= 0.3 is 5.97 Å². The Labute approximate surface area is 72.1 Å². The first-order valence-corrected chi connectivity index (χ1v) is 4.36. The standard InChI is InChI=1S/C9H14O3/c1-3-12-9(11)8-6(2)4-5-7(8)10/h6,8H,3-5H2,1-2H3/t6-,8-/m0/s1. The summed E-state index contributed by atoms with van der Waals surface area (Å²) >= 11 is 0. The molecule has 0 amide bonds. The van der Waals surface area contributed by atoms with Crippen molar-refractivity contribution in [3.05, 3.63) is 0 Å². The molecule has 68 valence electrons. The average molecular weight is 170 g/mol. The van der Waals surface area contributed by atoms with Crippen LogP contribution in [0.3, 0.4) is 0 Å². The molecule has 0 N–H and O–H groups in total. The van der Waals surface area contributed by atoms with Crippen molar-refractivity contribution in [2.75, 3.05) is 6.61 Å². The highest BCUT2D eigenvalue weighted by Crippen LogP contribution is 2.28. The Hall–Kier alpha value is -0.860. The highest BCUT2D eigenvalue weighted by Gasteiger charge is 2.38. The number of hydrogen-bond donors (Lipinski definition) is 0. The first-order chi connectivity index (χ1) is 5.66. The fourth-order valence-electron chi connectivity index (χ4n) is 1.61. The van der Waals surface area contributed by atoms with Crippen molar-refractivity contribution in [2.24, 2.45) is 11.8 Å². The maximum atomic E-state index is 11.2. The van der Waals surface area contributed by atoms with Crippen LogP contribution in [0, 0.1) is 11.8 Å². The van der Waals surface area contributed by atoms with Crippen molar-refractivity contribution >= 4 is 11.8 Å². The molecule has 0 bridgehead atoms. The fourth-order valence-corrected chi connectivity index (χ4v) is 1.61. The van der Waals surface area contributed by atoms with Crippen LogP contribution in [-0.4, -0.2) is 18.4 Å². The maximum absolute atomic E-state index is 11.2. The number of ketones is 1. The molecule has 1 saturated carbocycles. The molecule has 2 atom stereocenters. The zero-order valence-corrected chi connectivity index (χ0v) is 7.50. The van der Waals surface area contributed by atoms with Gasteiger partial charge in [0.1, 0.15) is 11.7 Å². The van der Waals surface area contributed by atoms with Crippen molar-refractivity contribution in [3.8, 4) is 0 Å². The molecule has 12 heavy (non-hydrogen) atoms. The molecule has 0 aromatic heterocycles. The van der Waals surface area contributed by atoms with Gasteiger partial charge in [-0.2, -0.15) is 0 Å². The van der Waals surface area contributed by atoms with Crippen LogP contribution in [0.25, 0.3) is 0 Å². The van der Waals surface area contributed by atoms with Crippen molar-refractivity contribution < 1.29 is 14.3 Å². The summed E-state index contributed by atoms with van der Waals surface area (Å²) in [6.07, 6.45) is 1.35. The second-order valence-electron chi connectivity index (χ2n) is 3.21. The highest BCUT2D eigenvalue weighted by atomic mass is 16.5. The van der Waals surface area contributed by atoms with E-state index in [0.717, 1.165) is 6.42 Å². The van der Waals surface area contributed by atoms with Crippen LogP contribution in [0.5, 0.6) is 0 Å². The van der Waals surface area contributed by atoms with Gasteiger partial charge in [0.2, 0.25) is 0 Å². The lowest BCUT2D eigenvalue weighted by molar-refractivity contribution is -0.151. The zero-order chi connectivity index (χ0) is 9.14. The number of carbonyl (C=O) groups excluding carboxylic acids is 2. The molecule has 0 heterocycles. The van der Waals surface area contributed by atoms with Crippen molar-refractivity contribution in [1.82, 2.24) is 0 Å². The summed E-state index contributed by atoms with van der Waals surface area (Å²) in [6.45, 7) is 4.03. The van der Waals surface area contributed by atoms with Crippen molar-refractivity contribution in [2.45, 2.75) is 26.7 Å². The molecule has 1 aliphatic carbocycles. The number of ether oxygens (including phenoxy) is 1. The topological polar surface area (TPSA) is 43.4 Å². The molecule has 0 unspecified atom stereocenters. The molecule has 1 fully saturated rings. The van der Waals surface area contributed by atoms with E-state index in [1.807, 2.05) is 6.92 Å². The molecular weight excluding hydrogens is 156 g/mol. The Bertz CT molecular complexity index is 198.